The quantitative estimate of drug-likeness (QED) is 0.590. The van der Waals surface area contributed by atoms with Crippen LogP contribution in [0.3, 0.4) is 0 Å². The smallest absolute Gasteiger partial charge is 0.316 e. The predicted octanol–water partition coefficient (Wildman–Crippen LogP) is 5.08. The lowest BCUT2D eigenvalue weighted by Gasteiger charge is -2.14. The number of aromatic nitrogens is 1. The third-order valence-electron chi connectivity index (χ3n) is 4.79. The maximum atomic E-state index is 12.7. The standard InChI is InChI=1S/C21H18ClNO3/c1-14-18(23-19(26-14)15-5-3-2-4-6-15)13-25-20(24)21(11-12-21)16-7-9-17(22)10-8-16/h2-10H,11-13H2,1H3. The average molecular weight is 368 g/mol. The first kappa shape index (κ1) is 16.9. The molecule has 0 atom stereocenters. The molecule has 4 nitrogen and oxygen atoms in total. The SMILES string of the molecule is Cc1oc(-c2ccccc2)nc1COC(=O)C1(c2ccc(Cl)cc2)CC1. The van der Waals surface area contributed by atoms with Crippen LogP contribution in [0.25, 0.3) is 11.5 Å². The van der Waals surface area contributed by atoms with Crippen molar-refractivity contribution in [3.8, 4) is 11.5 Å². The Balaban J connectivity index is 1.47. The number of hydrogen-bond donors (Lipinski definition) is 0. The molecule has 1 aromatic heterocycles. The summed E-state index contributed by atoms with van der Waals surface area (Å²) in [7, 11) is 0. The lowest BCUT2D eigenvalue weighted by molar-refractivity contribution is -0.148. The van der Waals surface area contributed by atoms with Gasteiger partial charge < -0.3 is 9.15 Å². The zero-order valence-corrected chi connectivity index (χ0v) is 15.1. The molecule has 1 saturated carbocycles. The molecule has 0 saturated heterocycles. The molecule has 3 aromatic rings. The van der Waals surface area contributed by atoms with E-state index in [1.54, 1.807) is 12.1 Å². The molecule has 132 valence electrons. The first-order chi connectivity index (χ1) is 12.6. The summed E-state index contributed by atoms with van der Waals surface area (Å²) in [4.78, 5) is 17.1. The Morgan fingerprint density at radius 3 is 2.50 bits per heavy atom. The van der Waals surface area contributed by atoms with Crippen LogP contribution >= 0.6 is 11.6 Å². The van der Waals surface area contributed by atoms with E-state index in [1.165, 1.54) is 0 Å². The largest absolute Gasteiger partial charge is 0.458 e. The normalized spacial score (nSPS) is 14.8. The second-order valence-corrected chi connectivity index (χ2v) is 6.99. The highest BCUT2D eigenvalue weighted by Crippen LogP contribution is 2.49. The molecule has 0 bridgehead atoms. The van der Waals surface area contributed by atoms with E-state index in [4.69, 9.17) is 20.8 Å². The van der Waals surface area contributed by atoms with Gasteiger partial charge in [0.2, 0.25) is 5.89 Å². The Bertz CT molecular complexity index is 928. The minimum atomic E-state index is -0.537. The second kappa shape index (κ2) is 6.61. The van der Waals surface area contributed by atoms with Crippen molar-refractivity contribution >= 4 is 17.6 Å². The van der Waals surface area contributed by atoms with Gasteiger partial charge in [0.1, 0.15) is 18.1 Å². The van der Waals surface area contributed by atoms with Crippen LogP contribution in [0.1, 0.15) is 29.9 Å². The Morgan fingerprint density at radius 2 is 1.85 bits per heavy atom. The van der Waals surface area contributed by atoms with Crippen LogP contribution < -0.4 is 0 Å². The Kier molecular flexibility index (Phi) is 4.29. The number of esters is 1. The summed E-state index contributed by atoms with van der Waals surface area (Å²) in [5.74, 6) is 0.976. The number of benzene rings is 2. The Hall–Kier alpha value is -2.59. The fourth-order valence-electron chi connectivity index (χ4n) is 3.04. The molecule has 2 aromatic carbocycles. The van der Waals surface area contributed by atoms with Crippen LogP contribution in [0.5, 0.6) is 0 Å². The molecule has 5 heteroatoms. The first-order valence-corrected chi connectivity index (χ1v) is 8.91. The van der Waals surface area contributed by atoms with Gasteiger partial charge in [-0.15, -0.1) is 0 Å². The molecule has 1 aliphatic carbocycles. The summed E-state index contributed by atoms with van der Waals surface area (Å²) < 4.78 is 11.3. The van der Waals surface area contributed by atoms with Crippen LogP contribution in [0.4, 0.5) is 0 Å². The van der Waals surface area contributed by atoms with Crippen molar-refractivity contribution in [2.24, 2.45) is 0 Å². The van der Waals surface area contributed by atoms with E-state index in [2.05, 4.69) is 4.98 Å². The van der Waals surface area contributed by atoms with Gasteiger partial charge in [-0.3, -0.25) is 4.79 Å². The third kappa shape index (κ3) is 3.13. The highest BCUT2D eigenvalue weighted by Gasteiger charge is 2.52. The van der Waals surface area contributed by atoms with Crippen molar-refractivity contribution < 1.29 is 13.9 Å². The number of carbonyl (C=O) groups excluding carboxylic acids is 1. The number of halogens is 1. The van der Waals surface area contributed by atoms with Crippen LogP contribution in [-0.4, -0.2) is 11.0 Å². The highest BCUT2D eigenvalue weighted by atomic mass is 35.5. The van der Waals surface area contributed by atoms with Gasteiger partial charge in [-0.05, 0) is 49.6 Å². The van der Waals surface area contributed by atoms with Gasteiger partial charge in [-0.25, -0.2) is 4.98 Å². The van der Waals surface area contributed by atoms with E-state index in [0.717, 1.165) is 24.0 Å². The topological polar surface area (TPSA) is 52.3 Å². The molecule has 0 unspecified atom stereocenters. The summed E-state index contributed by atoms with van der Waals surface area (Å²) in [5.41, 5.74) is 1.95. The van der Waals surface area contributed by atoms with Crippen molar-refractivity contribution in [3.63, 3.8) is 0 Å². The molecule has 4 rings (SSSR count). The van der Waals surface area contributed by atoms with Crippen molar-refractivity contribution in [2.75, 3.05) is 0 Å². The molecule has 0 amide bonds. The number of ether oxygens (including phenoxy) is 1. The van der Waals surface area contributed by atoms with Crippen LogP contribution in [-0.2, 0) is 21.6 Å². The van der Waals surface area contributed by atoms with Crippen molar-refractivity contribution in [1.29, 1.82) is 0 Å². The van der Waals surface area contributed by atoms with E-state index in [1.807, 2.05) is 49.4 Å². The number of rotatable bonds is 5. The first-order valence-electron chi connectivity index (χ1n) is 8.53. The molecule has 1 aliphatic rings. The van der Waals surface area contributed by atoms with E-state index < -0.39 is 5.41 Å². The van der Waals surface area contributed by atoms with Crippen molar-refractivity contribution in [2.45, 2.75) is 31.8 Å². The molecule has 1 fully saturated rings. The maximum absolute atomic E-state index is 12.7. The molecule has 1 heterocycles. The molecule has 0 N–H and O–H groups in total. The lowest BCUT2D eigenvalue weighted by atomic mass is 9.96. The highest BCUT2D eigenvalue weighted by molar-refractivity contribution is 6.30. The van der Waals surface area contributed by atoms with Gasteiger partial charge in [-0.1, -0.05) is 41.9 Å². The minimum Gasteiger partial charge on any atom is -0.458 e. The summed E-state index contributed by atoms with van der Waals surface area (Å²) in [6, 6.07) is 17.1. The van der Waals surface area contributed by atoms with E-state index in [9.17, 15) is 4.79 Å². The molecule has 0 radical (unpaired) electrons. The summed E-state index contributed by atoms with van der Waals surface area (Å²) in [5, 5.41) is 0.657. The van der Waals surface area contributed by atoms with Gasteiger partial charge in [0, 0.05) is 10.6 Å². The van der Waals surface area contributed by atoms with Gasteiger partial charge in [0.15, 0.2) is 0 Å². The minimum absolute atomic E-state index is 0.107. The molecule has 0 spiro atoms. The van der Waals surface area contributed by atoms with Gasteiger partial charge >= 0.3 is 5.97 Å². The molecular weight excluding hydrogens is 350 g/mol. The van der Waals surface area contributed by atoms with Crippen molar-refractivity contribution in [3.05, 3.63) is 76.6 Å². The van der Waals surface area contributed by atoms with Crippen LogP contribution in [0.2, 0.25) is 5.02 Å². The third-order valence-corrected chi connectivity index (χ3v) is 5.04. The van der Waals surface area contributed by atoms with Gasteiger partial charge in [0.05, 0.1) is 5.41 Å². The van der Waals surface area contributed by atoms with Crippen LogP contribution in [0, 0.1) is 6.92 Å². The Labute approximate surface area is 156 Å². The zero-order valence-electron chi connectivity index (χ0n) is 14.4. The number of nitrogens with zero attached hydrogens (tertiary/aromatic N) is 1. The zero-order chi connectivity index (χ0) is 18.1. The summed E-state index contributed by atoms with van der Waals surface area (Å²) >= 11 is 5.94. The predicted molar refractivity (Wildman–Crippen MR) is 98.8 cm³/mol. The average Bonchev–Trinajstić information content (AvgIpc) is 3.39. The Morgan fingerprint density at radius 1 is 1.15 bits per heavy atom. The number of hydrogen-bond acceptors (Lipinski definition) is 4. The van der Waals surface area contributed by atoms with E-state index >= 15 is 0 Å². The summed E-state index contributed by atoms with van der Waals surface area (Å²) in [6.45, 7) is 1.94. The van der Waals surface area contributed by atoms with Gasteiger partial charge in [-0.2, -0.15) is 0 Å². The monoisotopic (exact) mass is 367 g/mol. The van der Waals surface area contributed by atoms with Gasteiger partial charge in [0.25, 0.3) is 0 Å². The number of carbonyl (C=O) groups is 1. The van der Waals surface area contributed by atoms with E-state index in [0.29, 0.717) is 22.4 Å². The molecular formula is C21H18ClNO3. The fourth-order valence-corrected chi connectivity index (χ4v) is 3.17. The molecule has 26 heavy (non-hydrogen) atoms. The van der Waals surface area contributed by atoms with E-state index in [-0.39, 0.29) is 12.6 Å². The second-order valence-electron chi connectivity index (χ2n) is 6.55. The lowest BCUT2D eigenvalue weighted by Crippen LogP contribution is -2.23. The van der Waals surface area contributed by atoms with Crippen LogP contribution in [0.15, 0.2) is 59.0 Å². The fraction of sp³-hybridized carbons (Fsp3) is 0.238. The summed E-state index contributed by atoms with van der Waals surface area (Å²) in [6.07, 6.45) is 1.58. The molecule has 0 aliphatic heterocycles. The maximum Gasteiger partial charge on any atom is 0.316 e. The number of aryl methyl sites for hydroxylation is 1. The van der Waals surface area contributed by atoms with Crippen molar-refractivity contribution in [1.82, 2.24) is 4.98 Å². The number of oxazole rings is 1.